The van der Waals surface area contributed by atoms with E-state index in [-0.39, 0.29) is 0 Å². The Hall–Kier alpha value is -3.12. The summed E-state index contributed by atoms with van der Waals surface area (Å²) in [7, 11) is 0. The largest absolute Gasteiger partial charge is 0.369 e. The highest BCUT2D eigenvalue weighted by atomic mass is 35.5. The molecular weight excluding hydrogens is 489 g/mol. The van der Waals surface area contributed by atoms with E-state index >= 15 is 0 Å². The second-order valence-corrected chi connectivity index (χ2v) is 9.78. The van der Waals surface area contributed by atoms with Crippen molar-refractivity contribution in [2.75, 3.05) is 49.5 Å². The highest BCUT2D eigenvalue weighted by Gasteiger charge is 2.17. The van der Waals surface area contributed by atoms with E-state index in [4.69, 9.17) is 33.2 Å². The Balaban J connectivity index is 1.20. The number of nitrogens with one attached hydrogen (secondary N) is 1. The molecule has 1 N–H and O–H groups in total. The Morgan fingerprint density at radius 3 is 1.97 bits per heavy atom. The Morgan fingerprint density at radius 2 is 1.33 bits per heavy atom. The van der Waals surface area contributed by atoms with Crippen molar-refractivity contribution in [2.45, 2.75) is 6.42 Å². The van der Waals surface area contributed by atoms with E-state index in [1.165, 1.54) is 5.69 Å². The van der Waals surface area contributed by atoms with Crippen LogP contribution in [-0.4, -0.2) is 54.1 Å². The number of rotatable bonds is 8. The summed E-state index contributed by atoms with van der Waals surface area (Å²) in [6.07, 6.45) is 2.85. The van der Waals surface area contributed by atoms with Crippen LogP contribution in [0.4, 0.5) is 11.5 Å². The van der Waals surface area contributed by atoms with E-state index in [0.29, 0.717) is 10.0 Å². The average Bonchev–Trinajstić information content (AvgIpc) is 2.93. The maximum atomic E-state index is 6.12. The summed E-state index contributed by atoms with van der Waals surface area (Å²) in [6.45, 7) is 6.22. The minimum absolute atomic E-state index is 0.693. The van der Waals surface area contributed by atoms with E-state index in [1.807, 2.05) is 54.7 Å². The van der Waals surface area contributed by atoms with Crippen molar-refractivity contribution in [1.29, 1.82) is 0 Å². The molecule has 184 valence electrons. The van der Waals surface area contributed by atoms with Crippen molar-refractivity contribution >= 4 is 34.7 Å². The average molecular weight is 518 g/mol. The van der Waals surface area contributed by atoms with Crippen LogP contribution in [0.5, 0.6) is 0 Å². The second kappa shape index (κ2) is 11.7. The van der Waals surface area contributed by atoms with E-state index < -0.39 is 0 Å². The van der Waals surface area contributed by atoms with Gasteiger partial charge < -0.3 is 10.2 Å². The number of hydrogen-bond donors (Lipinski definition) is 1. The van der Waals surface area contributed by atoms with Gasteiger partial charge in [-0.25, -0.2) is 4.98 Å². The van der Waals surface area contributed by atoms with Crippen LogP contribution in [0.15, 0.2) is 85.1 Å². The summed E-state index contributed by atoms with van der Waals surface area (Å²) in [4.78, 5) is 14.7. The molecule has 0 unspecified atom stereocenters. The van der Waals surface area contributed by atoms with E-state index in [9.17, 15) is 0 Å². The van der Waals surface area contributed by atoms with Crippen molar-refractivity contribution in [3.63, 3.8) is 0 Å². The zero-order valence-electron chi connectivity index (χ0n) is 20.1. The molecule has 0 atom stereocenters. The Morgan fingerprint density at radius 1 is 0.722 bits per heavy atom. The van der Waals surface area contributed by atoms with Crippen LogP contribution in [0.2, 0.25) is 10.0 Å². The molecule has 0 aliphatic carbocycles. The first-order valence-electron chi connectivity index (χ1n) is 12.3. The third kappa shape index (κ3) is 6.16. The highest BCUT2D eigenvalue weighted by Crippen LogP contribution is 2.31. The molecule has 36 heavy (non-hydrogen) atoms. The molecule has 0 radical (unpaired) electrons. The SMILES string of the molecule is Clc1ccc(-c2ncc(NCCCN3CCN(c4ccccc4)CC3)nc2-c2ccc(Cl)cc2)cc1. The molecule has 5 rings (SSSR count). The lowest BCUT2D eigenvalue weighted by Gasteiger charge is -2.36. The summed E-state index contributed by atoms with van der Waals surface area (Å²) >= 11 is 12.2. The second-order valence-electron chi connectivity index (χ2n) is 8.91. The summed E-state index contributed by atoms with van der Waals surface area (Å²) in [5.74, 6) is 0.770. The highest BCUT2D eigenvalue weighted by molar-refractivity contribution is 6.31. The molecule has 3 aromatic carbocycles. The van der Waals surface area contributed by atoms with Gasteiger partial charge in [-0.3, -0.25) is 9.88 Å². The summed E-state index contributed by atoms with van der Waals surface area (Å²) < 4.78 is 0. The van der Waals surface area contributed by atoms with Crippen molar-refractivity contribution in [2.24, 2.45) is 0 Å². The fourth-order valence-corrected chi connectivity index (χ4v) is 4.74. The third-order valence-corrected chi connectivity index (χ3v) is 6.96. The zero-order valence-corrected chi connectivity index (χ0v) is 21.6. The molecule has 0 amide bonds. The summed E-state index contributed by atoms with van der Waals surface area (Å²) in [6, 6.07) is 26.1. The van der Waals surface area contributed by atoms with Crippen LogP contribution in [0, 0.1) is 0 Å². The van der Waals surface area contributed by atoms with Gasteiger partial charge in [0.1, 0.15) is 5.82 Å². The molecule has 0 spiro atoms. The minimum Gasteiger partial charge on any atom is -0.369 e. The van der Waals surface area contributed by atoms with Gasteiger partial charge in [-0.1, -0.05) is 65.7 Å². The number of hydrogen-bond acceptors (Lipinski definition) is 5. The van der Waals surface area contributed by atoms with Gasteiger partial charge in [0.2, 0.25) is 0 Å². The minimum atomic E-state index is 0.693. The molecule has 1 aliphatic rings. The van der Waals surface area contributed by atoms with Gasteiger partial charge in [0, 0.05) is 59.6 Å². The number of piperazine rings is 1. The predicted octanol–water partition coefficient (Wildman–Crippen LogP) is 6.74. The Labute approximate surface area is 222 Å². The lowest BCUT2D eigenvalue weighted by molar-refractivity contribution is 0.257. The summed E-state index contributed by atoms with van der Waals surface area (Å²) in [5, 5.41) is 4.86. The number of halogens is 2. The first kappa shape index (κ1) is 24.6. The van der Waals surface area contributed by atoms with Gasteiger partial charge >= 0.3 is 0 Å². The number of nitrogens with zero attached hydrogens (tertiary/aromatic N) is 4. The van der Waals surface area contributed by atoms with Gasteiger partial charge in [0.05, 0.1) is 17.6 Å². The normalized spacial score (nSPS) is 14.1. The van der Waals surface area contributed by atoms with Crippen molar-refractivity contribution in [3.05, 3.63) is 95.1 Å². The maximum Gasteiger partial charge on any atom is 0.145 e. The molecule has 0 saturated carbocycles. The van der Waals surface area contributed by atoms with Crippen molar-refractivity contribution in [3.8, 4) is 22.5 Å². The lowest BCUT2D eigenvalue weighted by atomic mass is 10.0. The molecule has 2 heterocycles. The molecule has 1 aliphatic heterocycles. The fourth-order valence-electron chi connectivity index (χ4n) is 4.49. The predicted molar refractivity (Wildman–Crippen MR) is 151 cm³/mol. The molecule has 1 fully saturated rings. The van der Waals surface area contributed by atoms with Gasteiger partial charge in [0.25, 0.3) is 0 Å². The van der Waals surface area contributed by atoms with Gasteiger partial charge in [-0.05, 0) is 49.4 Å². The standard InChI is InChI=1S/C29H29Cl2N5/c30-24-11-7-22(8-12-24)28-29(23-9-13-25(31)14-10-23)34-27(21-33-28)32-15-4-16-35-17-19-36(20-18-35)26-5-2-1-3-6-26/h1-3,5-14,21H,4,15-20H2,(H,32,34). The van der Waals surface area contributed by atoms with Crippen LogP contribution in [-0.2, 0) is 0 Å². The van der Waals surface area contributed by atoms with E-state index in [2.05, 4.69) is 45.4 Å². The monoisotopic (exact) mass is 517 g/mol. The van der Waals surface area contributed by atoms with Gasteiger partial charge in [-0.15, -0.1) is 0 Å². The molecular formula is C29H29Cl2N5. The lowest BCUT2D eigenvalue weighted by Crippen LogP contribution is -2.46. The molecule has 1 aromatic heterocycles. The Bertz CT molecular complexity index is 1260. The molecule has 4 aromatic rings. The molecule has 7 heteroatoms. The third-order valence-electron chi connectivity index (χ3n) is 6.46. The van der Waals surface area contributed by atoms with Crippen molar-refractivity contribution in [1.82, 2.24) is 14.9 Å². The van der Waals surface area contributed by atoms with Gasteiger partial charge in [-0.2, -0.15) is 0 Å². The molecule has 0 bridgehead atoms. The maximum absolute atomic E-state index is 6.12. The summed E-state index contributed by atoms with van der Waals surface area (Å²) in [5.41, 5.74) is 4.89. The molecule has 1 saturated heterocycles. The first-order valence-corrected chi connectivity index (χ1v) is 13.1. The number of anilines is 2. The Kier molecular flexibility index (Phi) is 8.01. The number of aromatic nitrogens is 2. The van der Waals surface area contributed by atoms with Crippen LogP contribution in [0.3, 0.4) is 0 Å². The van der Waals surface area contributed by atoms with E-state index in [1.54, 1.807) is 0 Å². The van der Waals surface area contributed by atoms with E-state index in [0.717, 1.165) is 74.0 Å². The van der Waals surface area contributed by atoms with Crippen LogP contribution >= 0.6 is 23.2 Å². The van der Waals surface area contributed by atoms with Crippen LogP contribution in [0.1, 0.15) is 6.42 Å². The van der Waals surface area contributed by atoms with Gasteiger partial charge in [0.15, 0.2) is 0 Å². The topological polar surface area (TPSA) is 44.3 Å². The molecule has 5 nitrogen and oxygen atoms in total. The first-order chi connectivity index (χ1) is 17.7. The van der Waals surface area contributed by atoms with Crippen LogP contribution in [0.25, 0.3) is 22.5 Å². The number of para-hydroxylation sites is 1. The smallest absolute Gasteiger partial charge is 0.145 e. The number of benzene rings is 3. The zero-order chi connectivity index (χ0) is 24.7. The van der Waals surface area contributed by atoms with Crippen LogP contribution < -0.4 is 10.2 Å². The van der Waals surface area contributed by atoms with Crippen molar-refractivity contribution < 1.29 is 0 Å². The quantitative estimate of drug-likeness (QED) is 0.262. The fraction of sp³-hybridized carbons (Fsp3) is 0.241.